The molecule has 0 aliphatic rings. The zero-order chi connectivity index (χ0) is 23.5. The van der Waals surface area contributed by atoms with Crippen LogP contribution in [0.1, 0.15) is 11.1 Å². The molecule has 4 aromatic rings. The molecule has 0 bridgehead atoms. The number of hydrogen-bond acceptors (Lipinski definition) is 3. The van der Waals surface area contributed by atoms with Gasteiger partial charge in [0.05, 0.1) is 30.5 Å². The summed E-state index contributed by atoms with van der Waals surface area (Å²) in [4.78, 5) is 0. The van der Waals surface area contributed by atoms with Crippen molar-refractivity contribution in [3.8, 4) is 0 Å². The summed E-state index contributed by atoms with van der Waals surface area (Å²) >= 11 is 5.22. The predicted molar refractivity (Wildman–Crippen MR) is 115 cm³/mol. The number of halogens is 5. The van der Waals surface area contributed by atoms with E-state index in [9.17, 15) is 22.0 Å². The number of nitrogens with zero attached hydrogens (tertiary/aromatic N) is 4. The Bertz CT molecular complexity index is 1270. The molecule has 0 unspecified atom stereocenters. The minimum absolute atomic E-state index is 0.149. The molecule has 4 rings (SSSR count). The van der Waals surface area contributed by atoms with E-state index >= 15 is 0 Å². The van der Waals surface area contributed by atoms with Gasteiger partial charge < -0.3 is 10.6 Å². The number of hydrogen-bond donors (Lipinski definition) is 2. The zero-order valence-corrected chi connectivity index (χ0v) is 17.5. The van der Waals surface area contributed by atoms with Crippen molar-refractivity contribution in [3.05, 3.63) is 95.2 Å². The summed E-state index contributed by atoms with van der Waals surface area (Å²) in [5.41, 5.74) is 0.660. The molecule has 2 N–H and O–H groups in total. The highest BCUT2D eigenvalue weighted by Crippen LogP contribution is 2.20. The van der Waals surface area contributed by atoms with Gasteiger partial charge in [-0.15, -0.1) is 0 Å². The van der Waals surface area contributed by atoms with Gasteiger partial charge in [0, 0.05) is 24.5 Å². The molecule has 0 saturated carbocycles. The molecule has 0 atom stereocenters. The van der Waals surface area contributed by atoms with Crippen molar-refractivity contribution < 1.29 is 22.0 Å². The van der Waals surface area contributed by atoms with Gasteiger partial charge >= 0.3 is 0 Å². The molecule has 0 saturated heterocycles. The fourth-order valence-corrected chi connectivity index (χ4v) is 3.23. The van der Waals surface area contributed by atoms with Crippen molar-refractivity contribution in [2.75, 3.05) is 10.6 Å². The average molecular weight is 478 g/mol. The van der Waals surface area contributed by atoms with Crippen LogP contribution in [0.4, 0.5) is 33.5 Å². The molecule has 0 aliphatic carbocycles. The van der Waals surface area contributed by atoms with Gasteiger partial charge in [-0.2, -0.15) is 10.2 Å². The lowest BCUT2D eigenvalue weighted by Crippen LogP contribution is -2.19. The summed E-state index contributed by atoms with van der Waals surface area (Å²) in [6.07, 6.45) is 4.60. The Morgan fingerprint density at radius 1 is 0.879 bits per heavy atom. The maximum atomic E-state index is 13.9. The number of aromatic nitrogens is 4. The van der Waals surface area contributed by atoms with E-state index in [2.05, 4.69) is 20.8 Å². The first-order valence-electron chi connectivity index (χ1n) is 9.48. The standard InChI is InChI=1S/C21H15F5N6S/c22-13-3-1-12(2-4-13)9-32-10-14(8-27-32)28-21(33)29-18-5-6-31(30-18)11-15-19(25)16(23)7-17(24)20(15)26/h1-8,10H,9,11H2,(H2,28,29,30,33). The van der Waals surface area contributed by atoms with Crippen molar-refractivity contribution in [3.63, 3.8) is 0 Å². The number of thiocarbonyl (C=S) groups is 1. The topological polar surface area (TPSA) is 59.7 Å². The summed E-state index contributed by atoms with van der Waals surface area (Å²) in [6.45, 7) is -0.0925. The maximum Gasteiger partial charge on any atom is 0.176 e. The van der Waals surface area contributed by atoms with Gasteiger partial charge in [0.15, 0.2) is 34.2 Å². The van der Waals surface area contributed by atoms with Crippen LogP contribution in [0.25, 0.3) is 0 Å². The molecule has 170 valence electrons. The molecule has 33 heavy (non-hydrogen) atoms. The largest absolute Gasteiger partial charge is 0.330 e. The smallest absolute Gasteiger partial charge is 0.176 e. The third kappa shape index (κ3) is 5.34. The Balaban J connectivity index is 1.36. The van der Waals surface area contributed by atoms with Gasteiger partial charge in [0.1, 0.15) is 5.82 Å². The predicted octanol–water partition coefficient (Wildman–Crippen LogP) is 4.68. The van der Waals surface area contributed by atoms with E-state index in [-0.39, 0.29) is 22.8 Å². The van der Waals surface area contributed by atoms with Gasteiger partial charge in [0.25, 0.3) is 0 Å². The Morgan fingerprint density at radius 2 is 1.58 bits per heavy atom. The van der Waals surface area contributed by atoms with E-state index in [0.717, 1.165) is 10.2 Å². The first kappa shape index (κ1) is 22.4. The summed E-state index contributed by atoms with van der Waals surface area (Å²) in [5, 5.41) is 14.1. The highest BCUT2D eigenvalue weighted by molar-refractivity contribution is 7.80. The van der Waals surface area contributed by atoms with E-state index in [1.54, 1.807) is 29.2 Å². The summed E-state index contributed by atoms with van der Waals surface area (Å²) in [6, 6.07) is 7.66. The minimum Gasteiger partial charge on any atom is -0.330 e. The van der Waals surface area contributed by atoms with Crippen LogP contribution in [0.5, 0.6) is 0 Å². The molecule has 2 aromatic carbocycles. The Hall–Kier alpha value is -3.80. The first-order chi connectivity index (χ1) is 15.8. The van der Waals surface area contributed by atoms with Gasteiger partial charge in [-0.05, 0) is 29.9 Å². The van der Waals surface area contributed by atoms with E-state index in [1.807, 2.05) is 0 Å². The first-order valence-corrected chi connectivity index (χ1v) is 9.89. The van der Waals surface area contributed by atoms with Gasteiger partial charge in [-0.25, -0.2) is 22.0 Å². The third-order valence-electron chi connectivity index (χ3n) is 4.55. The molecule has 2 aromatic heterocycles. The van der Waals surface area contributed by atoms with Crippen molar-refractivity contribution >= 4 is 28.8 Å². The van der Waals surface area contributed by atoms with Gasteiger partial charge in [-0.1, -0.05) is 12.1 Å². The van der Waals surface area contributed by atoms with Crippen LogP contribution < -0.4 is 10.6 Å². The second-order valence-corrected chi connectivity index (χ2v) is 7.39. The Kier molecular flexibility index (Phi) is 6.36. The molecule has 0 spiro atoms. The zero-order valence-electron chi connectivity index (χ0n) is 16.7. The molecule has 6 nitrogen and oxygen atoms in total. The maximum absolute atomic E-state index is 13.9. The molecular formula is C21H15F5N6S. The highest BCUT2D eigenvalue weighted by Gasteiger charge is 2.19. The Labute approximate surface area is 189 Å². The van der Waals surface area contributed by atoms with Crippen LogP contribution in [0.2, 0.25) is 0 Å². The fourth-order valence-electron chi connectivity index (χ4n) is 3.01. The van der Waals surface area contributed by atoms with Crippen LogP contribution >= 0.6 is 12.2 Å². The SMILES string of the molecule is Fc1ccc(Cn2cc(NC(=S)Nc3ccn(Cc4c(F)c(F)cc(F)c4F)n3)cn2)cc1. The van der Waals surface area contributed by atoms with E-state index in [4.69, 9.17) is 12.2 Å². The lowest BCUT2D eigenvalue weighted by molar-refractivity contribution is 0.431. The van der Waals surface area contributed by atoms with Crippen LogP contribution in [0.15, 0.2) is 55.0 Å². The summed E-state index contributed by atoms with van der Waals surface area (Å²) < 4.78 is 70.2. The fraction of sp³-hybridized carbons (Fsp3) is 0.0952. The molecule has 0 amide bonds. The van der Waals surface area contributed by atoms with Crippen molar-refractivity contribution in [1.29, 1.82) is 0 Å². The summed E-state index contributed by atoms with van der Waals surface area (Å²) in [7, 11) is 0. The molecule has 0 radical (unpaired) electrons. The Morgan fingerprint density at radius 3 is 2.27 bits per heavy atom. The highest BCUT2D eigenvalue weighted by atomic mass is 32.1. The molecule has 0 fully saturated rings. The van der Waals surface area contributed by atoms with Crippen LogP contribution in [0, 0.1) is 29.1 Å². The normalized spacial score (nSPS) is 10.9. The van der Waals surface area contributed by atoms with E-state index in [0.29, 0.717) is 12.2 Å². The number of benzene rings is 2. The molecular weight excluding hydrogens is 463 g/mol. The number of rotatable bonds is 6. The number of anilines is 2. The van der Waals surface area contributed by atoms with E-state index in [1.165, 1.54) is 24.4 Å². The quantitative estimate of drug-likeness (QED) is 0.240. The lowest BCUT2D eigenvalue weighted by atomic mass is 10.2. The van der Waals surface area contributed by atoms with Crippen molar-refractivity contribution in [2.24, 2.45) is 0 Å². The van der Waals surface area contributed by atoms with Gasteiger partial charge in [0.2, 0.25) is 0 Å². The third-order valence-corrected chi connectivity index (χ3v) is 4.76. The van der Waals surface area contributed by atoms with Crippen molar-refractivity contribution in [2.45, 2.75) is 13.1 Å². The summed E-state index contributed by atoms with van der Waals surface area (Å²) in [5.74, 6) is -6.01. The molecule has 2 heterocycles. The molecule has 0 aliphatic heterocycles. The second-order valence-electron chi connectivity index (χ2n) is 6.98. The molecule has 12 heteroatoms. The van der Waals surface area contributed by atoms with Gasteiger partial charge in [-0.3, -0.25) is 9.36 Å². The minimum atomic E-state index is -1.49. The monoisotopic (exact) mass is 478 g/mol. The number of nitrogens with one attached hydrogen (secondary N) is 2. The van der Waals surface area contributed by atoms with E-state index < -0.39 is 35.4 Å². The average Bonchev–Trinajstić information content (AvgIpc) is 3.40. The lowest BCUT2D eigenvalue weighted by Gasteiger charge is -2.08. The van der Waals surface area contributed by atoms with Crippen LogP contribution in [-0.4, -0.2) is 24.7 Å². The van der Waals surface area contributed by atoms with Crippen molar-refractivity contribution in [1.82, 2.24) is 19.6 Å². The van der Waals surface area contributed by atoms with Crippen LogP contribution in [-0.2, 0) is 13.1 Å². The second kappa shape index (κ2) is 9.36. The van der Waals surface area contributed by atoms with Crippen LogP contribution in [0.3, 0.4) is 0 Å².